The monoisotopic (exact) mass is 298 g/mol. The van der Waals surface area contributed by atoms with Crippen LogP contribution in [-0.4, -0.2) is 20.7 Å². The van der Waals surface area contributed by atoms with Gasteiger partial charge < -0.3 is 5.32 Å². The number of aromatic nitrogens is 3. The third-order valence-electron chi connectivity index (χ3n) is 2.49. The zero-order valence-corrected chi connectivity index (χ0v) is 11.7. The number of pyridine rings is 1. The van der Waals surface area contributed by atoms with Gasteiger partial charge >= 0.3 is 0 Å². The van der Waals surface area contributed by atoms with Gasteiger partial charge in [0.25, 0.3) is 0 Å². The fourth-order valence-corrected chi connectivity index (χ4v) is 2.06. The van der Waals surface area contributed by atoms with Crippen LogP contribution in [0.25, 0.3) is 5.69 Å². The predicted molar refractivity (Wildman–Crippen MR) is 73.4 cm³/mol. The number of hydrogen-bond acceptors (Lipinski definition) is 3. The van der Waals surface area contributed by atoms with Gasteiger partial charge in [-0.2, -0.15) is 5.10 Å². The number of rotatable bonds is 4. The summed E-state index contributed by atoms with van der Waals surface area (Å²) in [5.74, 6) is -0.148. The Morgan fingerprint density at radius 1 is 1.58 bits per heavy atom. The van der Waals surface area contributed by atoms with Gasteiger partial charge in [0.1, 0.15) is 5.50 Å². The molecule has 0 radical (unpaired) electrons. The Hall–Kier alpha value is -1.59. The second-order valence-electron chi connectivity index (χ2n) is 3.81. The highest BCUT2D eigenvalue weighted by Gasteiger charge is 2.17. The number of alkyl halides is 1. The first-order valence-electron chi connectivity index (χ1n) is 5.70. The predicted octanol–water partition coefficient (Wildman–Crippen LogP) is 2.68. The Bertz CT molecular complexity index is 570. The van der Waals surface area contributed by atoms with E-state index in [1.54, 1.807) is 36.3 Å². The fraction of sp³-hybridized carbons (Fsp3) is 0.250. The largest absolute Gasteiger partial charge is 0.336 e. The molecule has 1 atom stereocenters. The molecule has 2 aromatic heterocycles. The molecular formula is C12H12Cl2N4O. The Balaban J connectivity index is 2.24. The van der Waals surface area contributed by atoms with Crippen molar-refractivity contribution in [3.63, 3.8) is 0 Å². The van der Waals surface area contributed by atoms with Gasteiger partial charge in [-0.3, -0.25) is 9.78 Å². The van der Waals surface area contributed by atoms with Crippen molar-refractivity contribution in [1.29, 1.82) is 0 Å². The molecule has 0 aliphatic heterocycles. The number of amides is 1. The van der Waals surface area contributed by atoms with Crippen molar-refractivity contribution in [2.45, 2.75) is 18.8 Å². The molecule has 0 saturated carbocycles. The highest BCUT2D eigenvalue weighted by molar-refractivity contribution is 6.31. The summed E-state index contributed by atoms with van der Waals surface area (Å²) in [7, 11) is 0. The second kappa shape index (κ2) is 6.04. The highest BCUT2D eigenvalue weighted by Crippen LogP contribution is 2.25. The van der Waals surface area contributed by atoms with Gasteiger partial charge in [0.2, 0.25) is 5.91 Å². The van der Waals surface area contributed by atoms with E-state index in [4.69, 9.17) is 23.2 Å². The number of carbonyl (C=O) groups is 1. The lowest BCUT2D eigenvalue weighted by atomic mass is 10.3. The van der Waals surface area contributed by atoms with Crippen molar-refractivity contribution in [2.24, 2.45) is 0 Å². The normalized spacial score (nSPS) is 12.2. The molecule has 0 spiro atoms. The van der Waals surface area contributed by atoms with E-state index in [1.807, 2.05) is 6.07 Å². The van der Waals surface area contributed by atoms with Crippen molar-refractivity contribution in [3.05, 3.63) is 41.4 Å². The molecule has 0 bridgehead atoms. The number of hydrogen-bond donors (Lipinski definition) is 1. The number of nitrogens with one attached hydrogen (secondary N) is 1. The van der Waals surface area contributed by atoms with Crippen LogP contribution in [0.2, 0.25) is 5.15 Å². The molecule has 0 saturated heterocycles. The van der Waals surface area contributed by atoms with Gasteiger partial charge in [0, 0.05) is 24.4 Å². The molecule has 2 heterocycles. The van der Waals surface area contributed by atoms with Crippen LogP contribution in [0.5, 0.6) is 0 Å². The van der Waals surface area contributed by atoms with E-state index >= 15 is 0 Å². The summed E-state index contributed by atoms with van der Waals surface area (Å²) in [5.41, 5.74) is 0.612. The first-order valence-corrected chi connectivity index (χ1v) is 6.52. The molecule has 1 amide bonds. The van der Waals surface area contributed by atoms with Crippen LogP contribution in [0.3, 0.4) is 0 Å². The van der Waals surface area contributed by atoms with Crippen LogP contribution >= 0.6 is 23.2 Å². The Morgan fingerprint density at radius 3 is 3.00 bits per heavy atom. The molecule has 2 aromatic rings. The van der Waals surface area contributed by atoms with Crippen LogP contribution in [0, 0.1) is 0 Å². The lowest BCUT2D eigenvalue weighted by Gasteiger charge is -2.09. The fourth-order valence-electron chi connectivity index (χ4n) is 1.48. The number of nitrogens with zero attached hydrogens (tertiary/aromatic N) is 3. The molecule has 0 aliphatic rings. The minimum absolute atomic E-state index is 0.148. The average molecular weight is 299 g/mol. The first kappa shape index (κ1) is 13.8. The highest BCUT2D eigenvalue weighted by atomic mass is 35.5. The second-order valence-corrected chi connectivity index (χ2v) is 4.61. The zero-order chi connectivity index (χ0) is 13.8. The minimum atomic E-state index is -0.703. The summed E-state index contributed by atoms with van der Waals surface area (Å²) in [6.07, 6.45) is 5.35. The van der Waals surface area contributed by atoms with Gasteiger partial charge in [-0.1, -0.05) is 30.1 Å². The molecule has 0 fully saturated rings. The molecule has 0 aliphatic carbocycles. The lowest BCUT2D eigenvalue weighted by Crippen LogP contribution is -2.24. The van der Waals surface area contributed by atoms with E-state index in [0.29, 0.717) is 12.0 Å². The van der Waals surface area contributed by atoms with Gasteiger partial charge in [0.05, 0.1) is 11.9 Å². The van der Waals surface area contributed by atoms with E-state index in [1.165, 1.54) is 0 Å². The van der Waals surface area contributed by atoms with E-state index in [-0.39, 0.29) is 11.1 Å². The Morgan fingerprint density at radius 2 is 2.37 bits per heavy atom. The molecule has 7 heteroatoms. The molecule has 0 aromatic carbocycles. The molecule has 1 unspecified atom stereocenters. The van der Waals surface area contributed by atoms with Gasteiger partial charge in [-0.05, 0) is 12.1 Å². The molecular weight excluding hydrogens is 287 g/mol. The summed E-state index contributed by atoms with van der Waals surface area (Å²) in [6, 6.07) is 3.63. The number of halogens is 2. The maximum absolute atomic E-state index is 11.3. The summed E-state index contributed by atoms with van der Waals surface area (Å²) >= 11 is 12.1. The summed E-state index contributed by atoms with van der Waals surface area (Å²) in [6.45, 7) is 1.75. The molecule has 5 nitrogen and oxygen atoms in total. The summed E-state index contributed by atoms with van der Waals surface area (Å²) in [5, 5.41) is 7.02. The van der Waals surface area contributed by atoms with Crippen LogP contribution in [-0.2, 0) is 4.79 Å². The van der Waals surface area contributed by atoms with Gasteiger partial charge in [0.15, 0.2) is 5.15 Å². The molecule has 100 valence electrons. The van der Waals surface area contributed by atoms with Gasteiger partial charge in [-0.15, -0.1) is 0 Å². The molecule has 1 N–H and O–H groups in total. The number of carbonyl (C=O) groups excluding carboxylic acids is 1. The lowest BCUT2D eigenvalue weighted by molar-refractivity contribution is -0.121. The Labute approximate surface area is 120 Å². The summed E-state index contributed by atoms with van der Waals surface area (Å²) < 4.78 is 1.57. The average Bonchev–Trinajstić information content (AvgIpc) is 2.81. The van der Waals surface area contributed by atoms with Crippen LogP contribution < -0.4 is 5.32 Å². The van der Waals surface area contributed by atoms with Crippen LogP contribution in [0.15, 0.2) is 30.7 Å². The maximum atomic E-state index is 11.3. The third kappa shape index (κ3) is 3.24. The Kier molecular flexibility index (Phi) is 4.39. The molecule has 2 rings (SSSR count). The zero-order valence-electron chi connectivity index (χ0n) is 10.2. The van der Waals surface area contributed by atoms with Crippen molar-refractivity contribution >= 4 is 29.1 Å². The van der Waals surface area contributed by atoms with E-state index in [9.17, 15) is 4.79 Å². The standard InChI is InChI=1S/C12H12Cl2N4O/c1-2-10(19)16-11(13)9-7-18(17-12(9)14)8-4-3-5-15-6-8/h3-7,11H,2H2,1H3,(H,16,19). The first-order chi connectivity index (χ1) is 9.11. The smallest absolute Gasteiger partial charge is 0.221 e. The van der Waals surface area contributed by atoms with Gasteiger partial charge in [-0.25, -0.2) is 4.68 Å². The molecule has 19 heavy (non-hydrogen) atoms. The van der Waals surface area contributed by atoms with Crippen molar-refractivity contribution in [2.75, 3.05) is 0 Å². The quantitative estimate of drug-likeness (QED) is 0.697. The summed E-state index contributed by atoms with van der Waals surface area (Å²) in [4.78, 5) is 15.3. The van der Waals surface area contributed by atoms with E-state index < -0.39 is 5.50 Å². The van der Waals surface area contributed by atoms with Crippen LogP contribution in [0.1, 0.15) is 24.4 Å². The van der Waals surface area contributed by atoms with E-state index in [2.05, 4.69) is 15.4 Å². The maximum Gasteiger partial charge on any atom is 0.221 e. The topological polar surface area (TPSA) is 59.8 Å². The van der Waals surface area contributed by atoms with E-state index in [0.717, 1.165) is 5.69 Å². The third-order valence-corrected chi connectivity index (χ3v) is 3.13. The van der Waals surface area contributed by atoms with Crippen molar-refractivity contribution < 1.29 is 4.79 Å². The minimum Gasteiger partial charge on any atom is -0.336 e. The van der Waals surface area contributed by atoms with Crippen molar-refractivity contribution in [1.82, 2.24) is 20.1 Å². The SMILES string of the molecule is CCC(=O)NC(Cl)c1cn(-c2cccnc2)nc1Cl. The van der Waals surface area contributed by atoms with Crippen molar-refractivity contribution in [3.8, 4) is 5.69 Å². The van der Waals surface area contributed by atoms with Crippen LogP contribution in [0.4, 0.5) is 0 Å².